The lowest BCUT2D eigenvalue weighted by Crippen LogP contribution is -2.30. The minimum absolute atomic E-state index is 0.328. The van der Waals surface area contributed by atoms with E-state index in [1.54, 1.807) is 6.07 Å². The molecule has 1 N–H and O–H groups in total. The van der Waals surface area contributed by atoms with E-state index in [0.29, 0.717) is 17.3 Å². The number of aryl methyl sites for hydroxylation is 1. The number of hydrogen-bond donors (Lipinski definition) is 1. The fourth-order valence-corrected chi connectivity index (χ4v) is 3.25. The lowest BCUT2D eigenvalue weighted by atomic mass is 9.83. The summed E-state index contributed by atoms with van der Waals surface area (Å²) < 4.78 is 4.76. The minimum atomic E-state index is -0.328. The summed E-state index contributed by atoms with van der Waals surface area (Å²) in [6, 6.07) is 4.15. The third-order valence-corrected chi connectivity index (χ3v) is 4.48. The van der Waals surface area contributed by atoms with E-state index in [1.165, 1.54) is 39.2 Å². The van der Waals surface area contributed by atoms with Gasteiger partial charge in [-0.25, -0.2) is 9.78 Å². The first-order chi connectivity index (χ1) is 10.2. The molecule has 4 heteroatoms. The van der Waals surface area contributed by atoms with Crippen molar-refractivity contribution in [1.29, 1.82) is 0 Å². The number of hydrogen-bond acceptors (Lipinski definition) is 4. The minimum Gasteiger partial charge on any atom is -0.465 e. The van der Waals surface area contributed by atoms with Crippen molar-refractivity contribution in [1.82, 2.24) is 4.98 Å². The molecule has 2 rings (SSSR count). The summed E-state index contributed by atoms with van der Waals surface area (Å²) in [5.74, 6) is 1.27. The zero-order chi connectivity index (χ0) is 15.2. The van der Waals surface area contributed by atoms with E-state index in [9.17, 15) is 4.79 Å². The molecule has 1 heterocycles. The number of carbonyl (C=O) groups is 1. The van der Waals surface area contributed by atoms with E-state index >= 15 is 0 Å². The van der Waals surface area contributed by atoms with Crippen LogP contribution in [0.5, 0.6) is 0 Å². The molecule has 0 saturated heterocycles. The molecule has 0 bridgehead atoms. The Morgan fingerprint density at radius 1 is 1.38 bits per heavy atom. The highest BCUT2D eigenvalue weighted by Gasteiger charge is 2.22. The maximum atomic E-state index is 11.6. The molecule has 1 unspecified atom stereocenters. The highest BCUT2D eigenvalue weighted by Crippen LogP contribution is 2.29. The molecular weight excluding hydrogens is 264 g/mol. The normalized spacial score (nSPS) is 17.3. The number of aromatic nitrogens is 1. The van der Waals surface area contributed by atoms with Crippen LogP contribution in [0.4, 0.5) is 5.82 Å². The lowest BCUT2D eigenvalue weighted by molar-refractivity contribution is 0.0599. The molecule has 21 heavy (non-hydrogen) atoms. The van der Waals surface area contributed by atoms with Gasteiger partial charge in [0.2, 0.25) is 0 Å². The van der Waals surface area contributed by atoms with Crippen molar-refractivity contribution < 1.29 is 9.53 Å². The van der Waals surface area contributed by atoms with Gasteiger partial charge in [0.1, 0.15) is 5.82 Å². The van der Waals surface area contributed by atoms with Crippen molar-refractivity contribution in [2.75, 3.05) is 12.4 Å². The Kier molecular flexibility index (Phi) is 5.59. The molecule has 1 aromatic heterocycles. The number of ether oxygens (including phenoxy) is 1. The van der Waals surface area contributed by atoms with Crippen LogP contribution in [0, 0.1) is 12.8 Å². The predicted molar refractivity (Wildman–Crippen MR) is 84.6 cm³/mol. The average Bonchev–Trinajstić information content (AvgIpc) is 2.53. The number of pyridine rings is 1. The maximum absolute atomic E-state index is 11.6. The highest BCUT2D eigenvalue weighted by molar-refractivity contribution is 5.90. The monoisotopic (exact) mass is 290 g/mol. The first-order valence-corrected chi connectivity index (χ1v) is 7.98. The predicted octanol–water partition coefficient (Wildman–Crippen LogP) is 3.95. The Morgan fingerprint density at radius 2 is 2.10 bits per heavy atom. The van der Waals surface area contributed by atoms with Gasteiger partial charge >= 0.3 is 5.97 Å². The van der Waals surface area contributed by atoms with E-state index in [4.69, 9.17) is 4.74 Å². The summed E-state index contributed by atoms with van der Waals surface area (Å²) in [5.41, 5.74) is 1.25. The van der Waals surface area contributed by atoms with Crippen LogP contribution in [0.25, 0.3) is 0 Å². The van der Waals surface area contributed by atoms with Crippen LogP contribution in [-0.4, -0.2) is 24.1 Å². The molecule has 0 aliphatic heterocycles. The molecule has 4 nitrogen and oxygen atoms in total. The van der Waals surface area contributed by atoms with E-state index in [0.717, 1.165) is 18.2 Å². The number of esters is 1. The lowest BCUT2D eigenvalue weighted by Gasteiger charge is -2.30. The van der Waals surface area contributed by atoms with Gasteiger partial charge in [-0.2, -0.15) is 0 Å². The van der Waals surface area contributed by atoms with Crippen LogP contribution < -0.4 is 5.32 Å². The highest BCUT2D eigenvalue weighted by atomic mass is 16.5. The van der Waals surface area contributed by atoms with Crippen molar-refractivity contribution in [2.45, 2.75) is 58.4 Å². The van der Waals surface area contributed by atoms with Crippen molar-refractivity contribution in [3.05, 3.63) is 23.4 Å². The fraction of sp³-hybridized carbons (Fsp3) is 0.647. The number of rotatable bonds is 5. The summed E-state index contributed by atoms with van der Waals surface area (Å²) in [6.45, 7) is 4.07. The first-order valence-electron chi connectivity index (χ1n) is 7.98. The number of nitrogens with one attached hydrogen (secondary N) is 1. The molecule has 1 atom stereocenters. The first kappa shape index (κ1) is 15.8. The smallest absolute Gasteiger partial charge is 0.339 e. The Labute approximate surface area is 127 Å². The van der Waals surface area contributed by atoms with Crippen LogP contribution >= 0.6 is 0 Å². The number of nitrogens with zero attached hydrogens (tertiary/aromatic N) is 1. The Hall–Kier alpha value is -1.58. The third kappa shape index (κ3) is 3.96. The van der Waals surface area contributed by atoms with E-state index in [1.807, 2.05) is 13.0 Å². The van der Waals surface area contributed by atoms with Gasteiger partial charge in [-0.1, -0.05) is 26.2 Å². The second-order valence-electron chi connectivity index (χ2n) is 5.88. The largest absolute Gasteiger partial charge is 0.465 e. The third-order valence-electron chi connectivity index (χ3n) is 4.48. The molecule has 0 aromatic carbocycles. The molecule has 0 radical (unpaired) electrons. The summed E-state index contributed by atoms with van der Waals surface area (Å²) in [6.07, 6.45) is 7.78. The van der Waals surface area contributed by atoms with E-state index < -0.39 is 0 Å². The Morgan fingerprint density at radius 3 is 2.67 bits per heavy atom. The van der Waals surface area contributed by atoms with Gasteiger partial charge in [0, 0.05) is 6.04 Å². The molecular formula is C17H26N2O2. The summed E-state index contributed by atoms with van der Waals surface area (Å²) in [7, 11) is 1.39. The number of anilines is 1. The molecule has 1 aromatic rings. The zero-order valence-corrected chi connectivity index (χ0v) is 13.3. The van der Waals surface area contributed by atoms with E-state index in [2.05, 4.69) is 17.2 Å². The summed E-state index contributed by atoms with van der Waals surface area (Å²) >= 11 is 0. The summed E-state index contributed by atoms with van der Waals surface area (Å²) in [4.78, 5) is 16.1. The standard InChI is InChI=1S/C17H26N2O2/c1-4-15(13-8-6-5-7-9-13)19-16-11-10-14(12(2)18-16)17(20)21-3/h10-11,13,15H,4-9H2,1-3H3,(H,18,19). The van der Waals surface area contributed by atoms with Gasteiger partial charge in [0.05, 0.1) is 18.4 Å². The topological polar surface area (TPSA) is 51.2 Å². The molecule has 1 fully saturated rings. The van der Waals surface area contributed by atoms with Crippen molar-refractivity contribution in [2.24, 2.45) is 5.92 Å². The number of carbonyl (C=O) groups excluding carboxylic acids is 1. The van der Waals surface area contributed by atoms with Gasteiger partial charge in [-0.05, 0) is 44.2 Å². The van der Waals surface area contributed by atoms with Gasteiger partial charge in [-0.15, -0.1) is 0 Å². The van der Waals surface area contributed by atoms with Crippen LogP contribution in [0.1, 0.15) is 61.5 Å². The van der Waals surface area contributed by atoms with Gasteiger partial charge < -0.3 is 10.1 Å². The molecule has 116 valence electrons. The molecule has 0 spiro atoms. The zero-order valence-electron chi connectivity index (χ0n) is 13.3. The summed E-state index contributed by atoms with van der Waals surface area (Å²) in [5, 5.41) is 3.56. The molecule has 1 saturated carbocycles. The van der Waals surface area contributed by atoms with E-state index in [-0.39, 0.29) is 5.97 Å². The number of methoxy groups -OCH3 is 1. The molecule has 0 amide bonds. The quantitative estimate of drug-likeness (QED) is 0.834. The average molecular weight is 290 g/mol. The second-order valence-corrected chi connectivity index (χ2v) is 5.88. The van der Waals surface area contributed by atoms with Crippen molar-refractivity contribution >= 4 is 11.8 Å². The fourth-order valence-electron chi connectivity index (χ4n) is 3.25. The van der Waals surface area contributed by atoms with Crippen LogP contribution in [0.2, 0.25) is 0 Å². The van der Waals surface area contributed by atoms with Gasteiger partial charge in [-0.3, -0.25) is 0 Å². The molecule has 1 aliphatic rings. The van der Waals surface area contributed by atoms with Crippen molar-refractivity contribution in [3.8, 4) is 0 Å². The molecule has 1 aliphatic carbocycles. The van der Waals surface area contributed by atoms with Crippen LogP contribution in [-0.2, 0) is 4.74 Å². The Bertz CT molecular complexity index is 482. The second kappa shape index (κ2) is 7.43. The maximum Gasteiger partial charge on any atom is 0.339 e. The SMILES string of the molecule is CCC(Nc1ccc(C(=O)OC)c(C)n1)C1CCCCC1. The Balaban J connectivity index is 2.07. The van der Waals surface area contributed by atoms with Gasteiger partial charge in [0.25, 0.3) is 0 Å². The van der Waals surface area contributed by atoms with Crippen molar-refractivity contribution in [3.63, 3.8) is 0 Å². The van der Waals surface area contributed by atoms with Crippen LogP contribution in [0.3, 0.4) is 0 Å². The van der Waals surface area contributed by atoms with Gasteiger partial charge in [0.15, 0.2) is 0 Å². The van der Waals surface area contributed by atoms with Crippen LogP contribution in [0.15, 0.2) is 12.1 Å².